The first-order valence-electron chi connectivity index (χ1n) is 7.00. The van der Waals surface area contributed by atoms with Gasteiger partial charge in [0.15, 0.2) is 4.67 Å². The third kappa shape index (κ3) is 3.95. The summed E-state index contributed by atoms with van der Waals surface area (Å²) in [5.74, 6) is -0.178. The molecule has 5 heteroatoms. The van der Waals surface area contributed by atoms with Crippen LogP contribution in [0.3, 0.4) is 0 Å². The van der Waals surface area contributed by atoms with E-state index < -0.39 is 0 Å². The average molecular weight is 351 g/mol. The molecule has 0 radical (unpaired) electrons. The van der Waals surface area contributed by atoms with E-state index in [0.29, 0.717) is 10.2 Å². The highest BCUT2D eigenvalue weighted by atomic mass is 79.9. The molecule has 0 fully saturated rings. The number of halogens is 1. The Morgan fingerprint density at radius 1 is 1.24 bits per heavy atom. The molecule has 4 nitrogen and oxygen atoms in total. The van der Waals surface area contributed by atoms with E-state index in [9.17, 15) is 4.79 Å². The summed E-state index contributed by atoms with van der Waals surface area (Å²) in [6.45, 7) is 7.04. The number of rotatable bonds is 6. The number of benzene rings is 1. The molecule has 0 aliphatic rings. The summed E-state index contributed by atoms with van der Waals surface area (Å²) in [5, 5.41) is 2.95. The van der Waals surface area contributed by atoms with Gasteiger partial charge in [0.25, 0.3) is 5.91 Å². The number of nitrogens with one attached hydrogen (secondary N) is 1. The highest BCUT2D eigenvalue weighted by molar-refractivity contribution is 9.10. The van der Waals surface area contributed by atoms with Crippen molar-refractivity contribution in [2.75, 3.05) is 18.4 Å². The Kier molecular flexibility index (Phi) is 5.59. The number of carbonyl (C=O) groups excluding carboxylic acids is 1. The van der Waals surface area contributed by atoms with Gasteiger partial charge in [-0.1, -0.05) is 32.0 Å². The lowest BCUT2D eigenvalue weighted by atomic mass is 10.1. The van der Waals surface area contributed by atoms with Crippen molar-refractivity contribution in [2.45, 2.75) is 20.4 Å². The lowest BCUT2D eigenvalue weighted by Gasteiger charge is -2.20. The Balaban J connectivity index is 2.17. The van der Waals surface area contributed by atoms with Crippen molar-refractivity contribution < 1.29 is 9.21 Å². The van der Waals surface area contributed by atoms with Gasteiger partial charge in [0.2, 0.25) is 0 Å². The molecule has 0 atom stereocenters. The van der Waals surface area contributed by atoms with Crippen LogP contribution in [0.2, 0.25) is 0 Å². The summed E-state index contributed by atoms with van der Waals surface area (Å²) in [6, 6.07) is 9.52. The SMILES string of the molecule is CCN(CC)Cc1ccccc1NC(=O)c1ccoc1Br. The van der Waals surface area contributed by atoms with Crippen LogP contribution in [-0.2, 0) is 6.54 Å². The molecular weight excluding hydrogens is 332 g/mol. The van der Waals surface area contributed by atoms with Crippen LogP contribution in [0.4, 0.5) is 5.69 Å². The lowest BCUT2D eigenvalue weighted by molar-refractivity contribution is 0.102. The first kappa shape index (κ1) is 15.8. The molecule has 0 aliphatic heterocycles. The van der Waals surface area contributed by atoms with E-state index in [1.54, 1.807) is 6.07 Å². The van der Waals surface area contributed by atoms with Crippen LogP contribution in [0, 0.1) is 0 Å². The number of anilines is 1. The fourth-order valence-electron chi connectivity index (χ4n) is 2.11. The van der Waals surface area contributed by atoms with Gasteiger partial charge in [-0.2, -0.15) is 0 Å². The first-order chi connectivity index (χ1) is 10.2. The molecule has 1 amide bonds. The molecule has 1 aromatic carbocycles. The highest BCUT2D eigenvalue weighted by Gasteiger charge is 2.14. The van der Waals surface area contributed by atoms with Crippen LogP contribution in [0.25, 0.3) is 0 Å². The van der Waals surface area contributed by atoms with Gasteiger partial charge in [-0.25, -0.2) is 0 Å². The number of amides is 1. The van der Waals surface area contributed by atoms with Gasteiger partial charge in [0.05, 0.1) is 11.8 Å². The quantitative estimate of drug-likeness (QED) is 0.851. The van der Waals surface area contributed by atoms with Crippen molar-refractivity contribution in [3.05, 3.63) is 52.4 Å². The van der Waals surface area contributed by atoms with Gasteiger partial charge in [-0.3, -0.25) is 9.69 Å². The molecule has 112 valence electrons. The van der Waals surface area contributed by atoms with E-state index in [4.69, 9.17) is 4.42 Å². The first-order valence-corrected chi connectivity index (χ1v) is 7.79. The summed E-state index contributed by atoms with van der Waals surface area (Å²) < 4.78 is 5.55. The molecule has 1 aromatic heterocycles. The Morgan fingerprint density at radius 2 is 1.95 bits per heavy atom. The predicted molar refractivity (Wildman–Crippen MR) is 87.4 cm³/mol. The second-order valence-electron chi connectivity index (χ2n) is 4.68. The summed E-state index contributed by atoms with van der Waals surface area (Å²) in [7, 11) is 0. The molecule has 0 saturated heterocycles. The van der Waals surface area contributed by atoms with Gasteiger partial charge < -0.3 is 9.73 Å². The molecule has 2 aromatic rings. The second kappa shape index (κ2) is 7.43. The maximum absolute atomic E-state index is 12.3. The molecule has 0 bridgehead atoms. The summed E-state index contributed by atoms with van der Waals surface area (Å²) in [6.07, 6.45) is 1.49. The number of hydrogen-bond acceptors (Lipinski definition) is 3. The van der Waals surface area contributed by atoms with Crippen molar-refractivity contribution in [1.82, 2.24) is 4.90 Å². The van der Waals surface area contributed by atoms with E-state index in [-0.39, 0.29) is 5.91 Å². The third-order valence-corrected chi connectivity index (χ3v) is 4.03. The van der Waals surface area contributed by atoms with Crippen LogP contribution in [0.5, 0.6) is 0 Å². The number of carbonyl (C=O) groups is 1. The predicted octanol–water partition coefficient (Wildman–Crippen LogP) is 4.14. The molecule has 0 aliphatic carbocycles. The molecule has 0 saturated carbocycles. The Bertz CT molecular complexity index is 606. The smallest absolute Gasteiger partial charge is 0.260 e. The summed E-state index contributed by atoms with van der Waals surface area (Å²) in [4.78, 5) is 14.6. The maximum atomic E-state index is 12.3. The van der Waals surface area contributed by atoms with E-state index >= 15 is 0 Å². The third-order valence-electron chi connectivity index (χ3n) is 3.42. The standard InChI is InChI=1S/C16H19BrN2O2/c1-3-19(4-2)11-12-7-5-6-8-14(12)18-16(20)13-9-10-21-15(13)17/h5-10H,3-4,11H2,1-2H3,(H,18,20). The van der Waals surface area contributed by atoms with E-state index in [2.05, 4.69) is 40.0 Å². The fourth-order valence-corrected chi connectivity index (χ4v) is 2.53. The zero-order valence-corrected chi connectivity index (χ0v) is 13.8. The van der Waals surface area contributed by atoms with Crippen LogP contribution >= 0.6 is 15.9 Å². The zero-order valence-electron chi connectivity index (χ0n) is 12.2. The minimum Gasteiger partial charge on any atom is -0.457 e. The molecular formula is C16H19BrN2O2. The van der Waals surface area contributed by atoms with Gasteiger partial charge in [-0.05, 0) is 46.7 Å². The topological polar surface area (TPSA) is 45.5 Å². The summed E-state index contributed by atoms with van der Waals surface area (Å²) in [5.41, 5.74) is 2.43. The van der Waals surface area contributed by atoms with E-state index in [1.807, 2.05) is 24.3 Å². The van der Waals surface area contributed by atoms with Gasteiger partial charge in [0.1, 0.15) is 0 Å². The van der Waals surface area contributed by atoms with Crippen LogP contribution in [-0.4, -0.2) is 23.9 Å². The minimum atomic E-state index is -0.178. The molecule has 1 N–H and O–H groups in total. The monoisotopic (exact) mass is 350 g/mol. The number of hydrogen-bond donors (Lipinski definition) is 1. The Hall–Kier alpha value is -1.59. The normalized spacial score (nSPS) is 10.9. The maximum Gasteiger partial charge on any atom is 0.260 e. The summed E-state index contributed by atoms with van der Waals surface area (Å²) >= 11 is 3.23. The van der Waals surface area contributed by atoms with E-state index in [0.717, 1.165) is 30.9 Å². The van der Waals surface area contributed by atoms with Crippen molar-refractivity contribution >= 4 is 27.5 Å². The second-order valence-corrected chi connectivity index (χ2v) is 5.40. The zero-order chi connectivity index (χ0) is 15.2. The van der Waals surface area contributed by atoms with Gasteiger partial charge >= 0.3 is 0 Å². The number of furan rings is 1. The van der Waals surface area contributed by atoms with Crippen molar-refractivity contribution in [2.24, 2.45) is 0 Å². The molecule has 0 spiro atoms. The minimum absolute atomic E-state index is 0.178. The lowest BCUT2D eigenvalue weighted by Crippen LogP contribution is -2.23. The van der Waals surface area contributed by atoms with Crippen molar-refractivity contribution in [1.29, 1.82) is 0 Å². The number of para-hydroxylation sites is 1. The van der Waals surface area contributed by atoms with E-state index in [1.165, 1.54) is 6.26 Å². The van der Waals surface area contributed by atoms with Crippen LogP contribution in [0.1, 0.15) is 29.8 Å². The van der Waals surface area contributed by atoms with Crippen molar-refractivity contribution in [3.63, 3.8) is 0 Å². The van der Waals surface area contributed by atoms with Crippen LogP contribution in [0.15, 0.2) is 45.7 Å². The van der Waals surface area contributed by atoms with Crippen LogP contribution < -0.4 is 5.32 Å². The van der Waals surface area contributed by atoms with Crippen molar-refractivity contribution in [3.8, 4) is 0 Å². The van der Waals surface area contributed by atoms with Gasteiger partial charge in [-0.15, -0.1) is 0 Å². The average Bonchev–Trinajstić information content (AvgIpc) is 2.92. The Morgan fingerprint density at radius 3 is 2.57 bits per heavy atom. The highest BCUT2D eigenvalue weighted by Crippen LogP contribution is 2.22. The molecule has 0 unspecified atom stereocenters. The molecule has 1 heterocycles. The van der Waals surface area contributed by atoms with Gasteiger partial charge in [0, 0.05) is 12.2 Å². The molecule has 2 rings (SSSR count). The number of nitrogens with zero attached hydrogens (tertiary/aromatic N) is 1. The fraction of sp³-hybridized carbons (Fsp3) is 0.312. The largest absolute Gasteiger partial charge is 0.457 e. The Labute approximate surface area is 133 Å². The molecule has 21 heavy (non-hydrogen) atoms.